The average molecular weight is 358 g/mol. The van der Waals surface area contributed by atoms with Gasteiger partial charge >= 0.3 is 6.18 Å². The van der Waals surface area contributed by atoms with E-state index in [9.17, 15) is 18.3 Å². The number of hydrogen-bond acceptors (Lipinski definition) is 6. The highest BCUT2D eigenvalue weighted by atomic mass is 32.2. The summed E-state index contributed by atoms with van der Waals surface area (Å²) in [4.78, 5) is 4.35. The molecule has 0 aliphatic carbocycles. The van der Waals surface area contributed by atoms with Crippen molar-refractivity contribution < 1.29 is 23.4 Å². The van der Waals surface area contributed by atoms with E-state index in [0.717, 1.165) is 4.40 Å². The van der Waals surface area contributed by atoms with Crippen LogP contribution >= 0.6 is 11.8 Å². The van der Waals surface area contributed by atoms with Gasteiger partial charge in [0.25, 0.3) is 0 Å². The first-order valence-electron chi connectivity index (χ1n) is 7.05. The summed E-state index contributed by atoms with van der Waals surface area (Å²) in [6, 6.07) is 4.59. The first kappa shape index (κ1) is 16.9. The second-order valence-corrected chi connectivity index (χ2v) is 6.09. The van der Waals surface area contributed by atoms with Gasteiger partial charge < -0.3 is 10.2 Å². The Balaban J connectivity index is 2.28. The number of halogens is 3. The predicted octanol–water partition coefficient (Wildman–Crippen LogP) is 2.26. The summed E-state index contributed by atoms with van der Waals surface area (Å²) >= 11 is 1.21. The van der Waals surface area contributed by atoms with Crippen LogP contribution in [0.25, 0.3) is 16.7 Å². The molecule has 10 heteroatoms. The number of rotatable bonds is 5. The van der Waals surface area contributed by atoms with Crippen molar-refractivity contribution >= 4 is 28.4 Å². The van der Waals surface area contributed by atoms with Crippen LogP contribution in [0.15, 0.2) is 23.2 Å². The van der Waals surface area contributed by atoms with Crippen molar-refractivity contribution in [1.29, 1.82) is 0 Å². The molecule has 0 bridgehead atoms. The van der Waals surface area contributed by atoms with Crippen molar-refractivity contribution in [3.8, 4) is 0 Å². The first-order valence-corrected chi connectivity index (χ1v) is 8.03. The van der Waals surface area contributed by atoms with Crippen molar-refractivity contribution in [2.24, 2.45) is 0 Å². The quantitative estimate of drug-likeness (QED) is 0.538. The Morgan fingerprint density at radius 3 is 2.62 bits per heavy atom. The van der Waals surface area contributed by atoms with Crippen LogP contribution in [0.5, 0.6) is 0 Å². The summed E-state index contributed by atoms with van der Waals surface area (Å²) in [6.07, 6.45) is -4.18. The molecule has 0 unspecified atom stereocenters. The van der Waals surface area contributed by atoms with Crippen LogP contribution in [-0.4, -0.2) is 42.2 Å². The normalized spacial score (nSPS) is 12.4. The molecule has 0 spiro atoms. The van der Waals surface area contributed by atoms with E-state index >= 15 is 0 Å². The van der Waals surface area contributed by atoms with Gasteiger partial charge in [-0.3, -0.25) is 4.40 Å². The Hall–Kier alpha value is -1.91. The number of nitrogens with zero attached hydrogens (tertiary/aromatic N) is 4. The van der Waals surface area contributed by atoms with Crippen LogP contribution in [-0.2, 0) is 12.8 Å². The molecule has 0 aliphatic rings. The molecular formula is C14H13F3N4O2S. The van der Waals surface area contributed by atoms with Gasteiger partial charge in [-0.05, 0) is 24.1 Å². The van der Waals surface area contributed by atoms with Crippen LogP contribution in [0.1, 0.15) is 17.8 Å². The topological polar surface area (TPSA) is 83.5 Å². The smallest absolute Gasteiger partial charge is 0.396 e. The van der Waals surface area contributed by atoms with E-state index in [2.05, 4.69) is 15.2 Å². The van der Waals surface area contributed by atoms with Crippen LogP contribution in [0.4, 0.5) is 13.2 Å². The van der Waals surface area contributed by atoms with Gasteiger partial charge in [0.1, 0.15) is 5.03 Å². The highest BCUT2D eigenvalue weighted by Gasteiger charge is 2.38. The average Bonchev–Trinajstić information content (AvgIpc) is 3.00. The lowest BCUT2D eigenvalue weighted by Crippen LogP contribution is -2.12. The maximum Gasteiger partial charge on any atom is 0.452 e. The number of benzene rings is 1. The second-order valence-electron chi connectivity index (χ2n) is 5.00. The lowest BCUT2D eigenvalue weighted by molar-refractivity contribution is -0.145. The first-order chi connectivity index (χ1) is 11.5. The number of hydrogen-bond donors (Lipinski definition) is 2. The number of aromatic nitrogens is 4. The van der Waals surface area contributed by atoms with E-state index in [4.69, 9.17) is 5.11 Å². The Morgan fingerprint density at radius 1 is 1.17 bits per heavy atom. The van der Waals surface area contributed by atoms with Gasteiger partial charge in [0.2, 0.25) is 5.82 Å². The van der Waals surface area contributed by atoms with Crippen LogP contribution in [0.3, 0.4) is 0 Å². The van der Waals surface area contributed by atoms with Crippen molar-refractivity contribution in [2.75, 3.05) is 12.4 Å². The third kappa shape index (κ3) is 3.04. The van der Waals surface area contributed by atoms with Gasteiger partial charge in [-0.25, -0.2) is 4.98 Å². The van der Waals surface area contributed by atoms with Gasteiger partial charge in [-0.15, -0.1) is 22.0 Å². The summed E-state index contributed by atoms with van der Waals surface area (Å²) in [5.74, 6) is -0.642. The fourth-order valence-electron chi connectivity index (χ4n) is 2.27. The molecule has 3 aromatic rings. The molecule has 0 saturated carbocycles. The van der Waals surface area contributed by atoms with E-state index < -0.39 is 12.0 Å². The maximum absolute atomic E-state index is 13.3. The molecule has 3 rings (SSSR count). The van der Waals surface area contributed by atoms with Crippen molar-refractivity contribution in [3.63, 3.8) is 0 Å². The van der Waals surface area contributed by atoms with Gasteiger partial charge in [0.15, 0.2) is 5.65 Å². The Labute approximate surface area is 138 Å². The van der Waals surface area contributed by atoms with Crippen LogP contribution in [0.2, 0.25) is 0 Å². The molecule has 0 atom stereocenters. The van der Waals surface area contributed by atoms with E-state index in [1.807, 2.05) is 0 Å². The van der Waals surface area contributed by atoms with E-state index in [-0.39, 0.29) is 24.4 Å². The molecule has 2 heterocycles. The lowest BCUT2D eigenvalue weighted by Gasteiger charge is -2.10. The Kier molecular flexibility index (Phi) is 4.61. The minimum Gasteiger partial charge on any atom is -0.396 e. The van der Waals surface area contributed by atoms with Crippen molar-refractivity contribution in [1.82, 2.24) is 19.6 Å². The van der Waals surface area contributed by atoms with E-state index in [0.29, 0.717) is 28.3 Å². The zero-order valence-electron chi connectivity index (χ0n) is 12.3. The van der Waals surface area contributed by atoms with Crippen molar-refractivity contribution in [3.05, 3.63) is 29.6 Å². The third-order valence-electron chi connectivity index (χ3n) is 3.33. The number of fused-ring (bicyclic) bond motifs is 3. The second kappa shape index (κ2) is 6.54. The van der Waals surface area contributed by atoms with E-state index in [1.54, 1.807) is 12.1 Å². The summed E-state index contributed by atoms with van der Waals surface area (Å²) < 4.78 is 40.7. The molecule has 128 valence electrons. The van der Waals surface area contributed by atoms with Gasteiger partial charge in [0, 0.05) is 12.4 Å². The molecule has 0 aliphatic heterocycles. The number of alkyl halides is 3. The molecule has 1 aromatic carbocycles. The fourth-order valence-corrected chi connectivity index (χ4v) is 3.16. The van der Waals surface area contributed by atoms with E-state index in [1.165, 1.54) is 17.8 Å². The molecular weight excluding hydrogens is 345 g/mol. The zero-order chi connectivity index (χ0) is 17.3. The number of aliphatic hydroxyl groups is 2. The SMILES string of the molecule is OCCCSc1nc2ccc(CO)cc2n2c(C(F)(F)F)nnc12. The minimum atomic E-state index is -4.67. The summed E-state index contributed by atoms with van der Waals surface area (Å²) in [6.45, 7) is -0.314. The monoisotopic (exact) mass is 358 g/mol. The molecule has 2 aromatic heterocycles. The summed E-state index contributed by atoms with van der Waals surface area (Å²) in [5, 5.41) is 25.3. The van der Waals surface area contributed by atoms with Gasteiger partial charge in [0.05, 0.1) is 17.6 Å². The maximum atomic E-state index is 13.3. The van der Waals surface area contributed by atoms with Crippen molar-refractivity contribution in [2.45, 2.75) is 24.2 Å². The highest BCUT2D eigenvalue weighted by Crippen LogP contribution is 2.33. The molecule has 0 amide bonds. The van der Waals surface area contributed by atoms with Gasteiger partial charge in [-0.2, -0.15) is 13.2 Å². The summed E-state index contributed by atoms with van der Waals surface area (Å²) in [7, 11) is 0. The lowest BCUT2D eigenvalue weighted by atomic mass is 10.2. The molecule has 6 nitrogen and oxygen atoms in total. The predicted molar refractivity (Wildman–Crippen MR) is 81.6 cm³/mol. The summed E-state index contributed by atoms with van der Waals surface area (Å²) in [5.41, 5.74) is 0.998. The number of aliphatic hydroxyl groups excluding tert-OH is 2. The Bertz CT molecular complexity index is 882. The fraction of sp³-hybridized carbons (Fsp3) is 0.357. The largest absolute Gasteiger partial charge is 0.452 e. The third-order valence-corrected chi connectivity index (χ3v) is 4.37. The standard InChI is InChI=1S/C14H13F3N4O2S/c15-14(16,17)13-20-19-11-12(24-5-1-4-22)18-9-3-2-8(7-23)6-10(9)21(11)13/h2-3,6,22-23H,1,4-5,7H2. The van der Waals surface area contributed by atoms with Crippen LogP contribution < -0.4 is 0 Å². The molecule has 0 radical (unpaired) electrons. The van der Waals surface area contributed by atoms with Crippen LogP contribution in [0, 0.1) is 0 Å². The Morgan fingerprint density at radius 2 is 1.96 bits per heavy atom. The molecule has 0 fully saturated rings. The molecule has 0 saturated heterocycles. The number of thioether (sulfide) groups is 1. The van der Waals surface area contributed by atoms with Gasteiger partial charge in [-0.1, -0.05) is 6.07 Å². The highest BCUT2D eigenvalue weighted by molar-refractivity contribution is 7.99. The molecule has 24 heavy (non-hydrogen) atoms. The zero-order valence-corrected chi connectivity index (χ0v) is 13.1. The molecule has 2 N–H and O–H groups in total. The minimum absolute atomic E-state index is 0.00727.